The number of ether oxygens (including phenoxy) is 1. The van der Waals surface area contributed by atoms with Crippen molar-refractivity contribution in [1.82, 2.24) is 9.78 Å². The summed E-state index contributed by atoms with van der Waals surface area (Å²) >= 11 is 0. The van der Waals surface area contributed by atoms with E-state index in [1.807, 2.05) is 38.5 Å². The molecule has 2 N–H and O–H groups in total. The van der Waals surface area contributed by atoms with Crippen molar-refractivity contribution in [3.63, 3.8) is 0 Å². The average Bonchev–Trinajstić information content (AvgIpc) is 2.74. The van der Waals surface area contributed by atoms with Crippen LogP contribution >= 0.6 is 0 Å². The van der Waals surface area contributed by atoms with Gasteiger partial charge in [0.15, 0.2) is 0 Å². The molecule has 0 radical (unpaired) electrons. The van der Waals surface area contributed by atoms with Crippen molar-refractivity contribution in [2.24, 2.45) is 12.8 Å². The van der Waals surface area contributed by atoms with Crippen LogP contribution in [0.1, 0.15) is 22.7 Å². The molecular weight excluding hydrogens is 226 g/mol. The SMILES string of the molecule is COc1ccc(C(N)Cc2cnn(C)c2)cc1C. The molecular formula is C14H19N3O. The van der Waals surface area contributed by atoms with Gasteiger partial charge in [0.2, 0.25) is 0 Å². The maximum Gasteiger partial charge on any atom is 0.121 e. The molecule has 4 heteroatoms. The minimum Gasteiger partial charge on any atom is -0.496 e. The Hall–Kier alpha value is -1.81. The molecule has 0 spiro atoms. The third-order valence-corrected chi connectivity index (χ3v) is 3.06. The first-order valence-electron chi connectivity index (χ1n) is 5.98. The zero-order valence-corrected chi connectivity index (χ0v) is 11.1. The van der Waals surface area contributed by atoms with E-state index in [1.54, 1.807) is 11.8 Å². The largest absolute Gasteiger partial charge is 0.496 e. The molecule has 0 saturated heterocycles. The number of nitrogens with zero attached hydrogens (tertiary/aromatic N) is 2. The molecule has 1 aromatic carbocycles. The van der Waals surface area contributed by atoms with E-state index in [2.05, 4.69) is 11.2 Å². The van der Waals surface area contributed by atoms with Gasteiger partial charge in [-0.25, -0.2) is 0 Å². The van der Waals surface area contributed by atoms with Crippen LogP contribution in [0.15, 0.2) is 30.6 Å². The van der Waals surface area contributed by atoms with Crippen LogP contribution in [0, 0.1) is 6.92 Å². The first kappa shape index (κ1) is 12.6. The van der Waals surface area contributed by atoms with Crippen LogP contribution in [0.4, 0.5) is 0 Å². The van der Waals surface area contributed by atoms with Gasteiger partial charge in [-0.3, -0.25) is 4.68 Å². The highest BCUT2D eigenvalue weighted by atomic mass is 16.5. The van der Waals surface area contributed by atoms with Gasteiger partial charge in [-0.2, -0.15) is 5.10 Å². The Balaban J connectivity index is 2.13. The van der Waals surface area contributed by atoms with E-state index >= 15 is 0 Å². The van der Waals surface area contributed by atoms with Gasteiger partial charge in [0.25, 0.3) is 0 Å². The lowest BCUT2D eigenvalue weighted by atomic mass is 9.99. The molecule has 0 aliphatic heterocycles. The second kappa shape index (κ2) is 5.23. The highest BCUT2D eigenvalue weighted by Crippen LogP contribution is 2.23. The standard InChI is InChI=1S/C14H19N3O/c1-10-6-12(4-5-14(10)18-3)13(15)7-11-8-16-17(2)9-11/h4-6,8-9,13H,7,15H2,1-3H3. The Morgan fingerprint density at radius 2 is 2.22 bits per heavy atom. The summed E-state index contributed by atoms with van der Waals surface area (Å²) in [5.74, 6) is 0.896. The Morgan fingerprint density at radius 1 is 1.44 bits per heavy atom. The lowest BCUT2D eigenvalue weighted by Gasteiger charge is -2.13. The number of aryl methyl sites for hydroxylation is 2. The molecule has 1 atom stereocenters. The molecule has 2 rings (SSSR count). The van der Waals surface area contributed by atoms with Crippen molar-refractivity contribution < 1.29 is 4.74 Å². The van der Waals surface area contributed by atoms with Gasteiger partial charge in [-0.05, 0) is 36.1 Å². The summed E-state index contributed by atoms with van der Waals surface area (Å²) in [6.07, 6.45) is 4.64. The number of hydrogen-bond acceptors (Lipinski definition) is 3. The van der Waals surface area contributed by atoms with Crippen LogP contribution in [0.2, 0.25) is 0 Å². The minimum absolute atomic E-state index is 0.0150. The number of hydrogen-bond donors (Lipinski definition) is 1. The molecule has 1 unspecified atom stereocenters. The summed E-state index contributed by atoms with van der Waals surface area (Å²) in [4.78, 5) is 0. The molecule has 1 heterocycles. The Morgan fingerprint density at radius 3 is 2.78 bits per heavy atom. The van der Waals surface area contributed by atoms with E-state index < -0.39 is 0 Å². The van der Waals surface area contributed by atoms with Crippen molar-refractivity contribution in [2.75, 3.05) is 7.11 Å². The zero-order chi connectivity index (χ0) is 13.1. The first-order valence-corrected chi connectivity index (χ1v) is 5.98. The van der Waals surface area contributed by atoms with Crippen LogP contribution in [0.5, 0.6) is 5.75 Å². The monoisotopic (exact) mass is 245 g/mol. The fourth-order valence-corrected chi connectivity index (χ4v) is 2.08. The number of benzene rings is 1. The fraction of sp³-hybridized carbons (Fsp3) is 0.357. The van der Waals surface area contributed by atoms with Gasteiger partial charge in [0.05, 0.1) is 13.3 Å². The van der Waals surface area contributed by atoms with Crippen molar-refractivity contribution in [2.45, 2.75) is 19.4 Å². The molecule has 0 bridgehead atoms. The summed E-state index contributed by atoms with van der Waals surface area (Å²) in [5.41, 5.74) is 9.60. The predicted molar refractivity (Wildman–Crippen MR) is 71.6 cm³/mol. The van der Waals surface area contributed by atoms with Crippen LogP contribution in [-0.4, -0.2) is 16.9 Å². The van der Waals surface area contributed by atoms with E-state index in [4.69, 9.17) is 10.5 Å². The minimum atomic E-state index is -0.0150. The maximum atomic E-state index is 6.22. The van der Waals surface area contributed by atoms with Crippen LogP contribution in [0.3, 0.4) is 0 Å². The predicted octanol–water partition coefficient (Wildman–Crippen LogP) is 1.98. The summed E-state index contributed by atoms with van der Waals surface area (Å²) in [5, 5.41) is 4.15. The third kappa shape index (κ3) is 2.71. The van der Waals surface area contributed by atoms with Gasteiger partial charge in [-0.15, -0.1) is 0 Å². The molecule has 0 aliphatic rings. The number of methoxy groups -OCH3 is 1. The summed E-state index contributed by atoms with van der Waals surface area (Å²) in [6.45, 7) is 2.03. The van der Waals surface area contributed by atoms with Gasteiger partial charge < -0.3 is 10.5 Å². The molecule has 0 aliphatic carbocycles. The van der Waals surface area contributed by atoms with E-state index in [1.165, 1.54) is 0 Å². The zero-order valence-electron chi connectivity index (χ0n) is 11.1. The summed E-state index contributed by atoms with van der Waals surface area (Å²) in [6, 6.07) is 6.05. The lowest BCUT2D eigenvalue weighted by Crippen LogP contribution is -2.13. The first-order chi connectivity index (χ1) is 8.60. The highest BCUT2D eigenvalue weighted by molar-refractivity contribution is 5.37. The molecule has 18 heavy (non-hydrogen) atoms. The molecule has 0 saturated carbocycles. The van der Waals surface area contributed by atoms with Crippen LogP contribution in [-0.2, 0) is 13.5 Å². The maximum absolute atomic E-state index is 6.22. The highest BCUT2D eigenvalue weighted by Gasteiger charge is 2.10. The average molecular weight is 245 g/mol. The second-order valence-corrected chi connectivity index (χ2v) is 4.56. The summed E-state index contributed by atoms with van der Waals surface area (Å²) < 4.78 is 7.04. The molecule has 1 aromatic heterocycles. The quantitative estimate of drug-likeness (QED) is 0.896. The topological polar surface area (TPSA) is 53.1 Å². The number of nitrogens with two attached hydrogens (primary N) is 1. The van der Waals surface area contributed by atoms with Gasteiger partial charge in [0.1, 0.15) is 5.75 Å². The van der Waals surface area contributed by atoms with Crippen LogP contribution < -0.4 is 10.5 Å². The molecule has 2 aromatic rings. The molecule has 0 amide bonds. The molecule has 0 fully saturated rings. The third-order valence-electron chi connectivity index (χ3n) is 3.06. The Labute approximate surface area is 107 Å². The molecule has 4 nitrogen and oxygen atoms in total. The van der Waals surface area contributed by atoms with Crippen molar-refractivity contribution >= 4 is 0 Å². The van der Waals surface area contributed by atoms with Crippen LogP contribution in [0.25, 0.3) is 0 Å². The van der Waals surface area contributed by atoms with E-state index in [-0.39, 0.29) is 6.04 Å². The fourth-order valence-electron chi connectivity index (χ4n) is 2.08. The van der Waals surface area contributed by atoms with Gasteiger partial charge >= 0.3 is 0 Å². The number of rotatable bonds is 4. The normalized spacial score (nSPS) is 12.4. The van der Waals surface area contributed by atoms with E-state index in [0.29, 0.717) is 0 Å². The van der Waals surface area contributed by atoms with Gasteiger partial charge in [-0.1, -0.05) is 12.1 Å². The van der Waals surface area contributed by atoms with Crippen molar-refractivity contribution in [3.8, 4) is 5.75 Å². The van der Waals surface area contributed by atoms with Crippen molar-refractivity contribution in [1.29, 1.82) is 0 Å². The van der Waals surface area contributed by atoms with E-state index in [0.717, 1.165) is 28.9 Å². The van der Waals surface area contributed by atoms with Gasteiger partial charge in [0, 0.05) is 19.3 Å². The smallest absolute Gasteiger partial charge is 0.121 e. The lowest BCUT2D eigenvalue weighted by molar-refractivity contribution is 0.411. The second-order valence-electron chi connectivity index (χ2n) is 4.56. The summed E-state index contributed by atoms with van der Waals surface area (Å²) in [7, 11) is 3.59. The Kier molecular flexibility index (Phi) is 3.67. The Bertz CT molecular complexity index is 534. The van der Waals surface area contributed by atoms with E-state index in [9.17, 15) is 0 Å². The van der Waals surface area contributed by atoms with Crippen molar-refractivity contribution in [3.05, 3.63) is 47.3 Å². The molecule has 96 valence electrons. The number of aromatic nitrogens is 2.